The fourth-order valence-electron chi connectivity index (χ4n) is 1.61. The number of ether oxygens (including phenoxy) is 1. The van der Waals surface area contributed by atoms with Crippen LogP contribution in [0.4, 0.5) is 20.2 Å². The first-order valence-corrected chi connectivity index (χ1v) is 6.66. The molecule has 21 heavy (non-hydrogen) atoms. The molecule has 0 aliphatic rings. The zero-order chi connectivity index (χ0) is 15.4. The lowest BCUT2D eigenvalue weighted by atomic mass is 10.2. The summed E-state index contributed by atoms with van der Waals surface area (Å²) in [5.74, 6) is -0.326. The fraction of sp³-hybridized carbons (Fsp3) is 0.0714. The number of rotatable bonds is 4. The minimum absolute atomic E-state index is 0.0240. The molecule has 7 heteroatoms. The largest absolute Gasteiger partial charge is 0.435 e. The molecule has 0 unspecified atom stereocenters. The smallest absolute Gasteiger partial charge is 0.387 e. The highest BCUT2D eigenvalue weighted by molar-refractivity contribution is 9.10. The summed E-state index contributed by atoms with van der Waals surface area (Å²) in [5, 5.41) is 2.63. The van der Waals surface area contributed by atoms with Crippen LogP contribution in [0.25, 0.3) is 0 Å². The SMILES string of the molecule is Nc1cc(C(=O)Nc2ccc(OC(F)F)cc2)ccc1Br. The van der Waals surface area contributed by atoms with E-state index in [1.54, 1.807) is 12.1 Å². The van der Waals surface area contributed by atoms with E-state index < -0.39 is 6.61 Å². The number of nitrogens with two attached hydrogens (primary N) is 1. The number of nitrogen functional groups attached to an aromatic ring is 1. The van der Waals surface area contributed by atoms with Crippen LogP contribution in [0.2, 0.25) is 0 Å². The van der Waals surface area contributed by atoms with Gasteiger partial charge in [0.2, 0.25) is 0 Å². The van der Waals surface area contributed by atoms with Crippen molar-refractivity contribution in [1.82, 2.24) is 0 Å². The van der Waals surface area contributed by atoms with E-state index in [9.17, 15) is 13.6 Å². The number of benzene rings is 2. The quantitative estimate of drug-likeness (QED) is 0.817. The second-order valence-corrected chi connectivity index (χ2v) is 4.95. The van der Waals surface area contributed by atoms with Gasteiger partial charge in [0.05, 0.1) is 0 Å². The molecule has 0 aliphatic carbocycles. The summed E-state index contributed by atoms with van der Waals surface area (Å²) in [6.07, 6.45) is 0. The Bertz CT molecular complexity index is 648. The van der Waals surface area contributed by atoms with Crippen molar-refractivity contribution in [2.45, 2.75) is 6.61 Å². The van der Waals surface area contributed by atoms with E-state index in [2.05, 4.69) is 26.0 Å². The lowest BCUT2D eigenvalue weighted by molar-refractivity contribution is -0.0498. The van der Waals surface area contributed by atoms with E-state index in [1.165, 1.54) is 30.3 Å². The summed E-state index contributed by atoms with van der Waals surface area (Å²) in [7, 11) is 0. The molecule has 0 atom stereocenters. The number of carbonyl (C=O) groups excluding carboxylic acids is 1. The standard InChI is InChI=1S/C14H11BrF2N2O2/c15-11-6-1-8(7-12(11)18)13(20)19-9-2-4-10(5-3-9)21-14(16)17/h1-7,14H,18H2,(H,19,20). The van der Waals surface area contributed by atoms with Crippen LogP contribution in [-0.2, 0) is 0 Å². The van der Waals surface area contributed by atoms with Gasteiger partial charge in [-0.25, -0.2) is 0 Å². The van der Waals surface area contributed by atoms with Gasteiger partial charge in [0, 0.05) is 21.4 Å². The Balaban J connectivity index is 2.06. The lowest BCUT2D eigenvalue weighted by Crippen LogP contribution is -2.12. The maximum absolute atomic E-state index is 12.0. The van der Waals surface area contributed by atoms with Gasteiger partial charge in [0.25, 0.3) is 5.91 Å². The number of carbonyl (C=O) groups is 1. The predicted octanol–water partition coefficient (Wildman–Crippen LogP) is 3.89. The first-order valence-electron chi connectivity index (χ1n) is 5.87. The zero-order valence-electron chi connectivity index (χ0n) is 10.6. The van der Waals surface area contributed by atoms with E-state index in [-0.39, 0.29) is 11.7 Å². The van der Waals surface area contributed by atoms with Crippen molar-refractivity contribution in [3.8, 4) is 5.75 Å². The average molecular weight is 357 g/mol. The minimum Gasteiger partial charge on any atom is -0.435 e. The molecule has 0 radical (unpaired) electrons. The normalized spacial score (nSPS) is 10.5. The van der Waals surface area contributed by atoms with Crippen molar-refractivity contribution < 1.29 is 18.3 Å². The summed E-state index contributed by atoms with van der Waals surface area (Å²) < 4.78 is 29.0. The van der Waals surface area contributed by atoms with Crippen LogP contribution in [0, 0.1) is 0 Å². The van der Waals surface area contributed by atoms with Gasteiger partial charge in [-0.15, -0.1) is 0 Å². The molecule has 3 N–H and O–H groups in total. The molecule has 0 saturated carbocycles. The summed E-state index contributed by atoms with van der Waals surface area (Å²) in [6.45, 7) is -2.88. The monoisotopic (exact) mass is 356 g/mol. The topological polar surface area (TPSA) is 64.4 Å². The van der Waals surface area contributed by atoms with E-state index in [1.807, 2.05) is 0 Å². The first-order chi connectivity index (χ1) is 9.95. The van der Waals surface area contributed by atoms with Crippen LogP contribution in [0.5, 0.6) is 5.75 Å². The van der Waals surface area contributed by atoms with E-state index >= 15 is 0 Å². The van der Waals surface area contributed by atoms with Crippen LogP contribution in [0.3, 0.4) is 0 Å². The first kappa shape index (κ1) is 15.2. The molecule has 2 aromatic rings. The molecular formula is C14H11BrF2N2O2. The number of alkyl halides is 2. The van der Waals surface area contributed by atoms with Crippen molar-refractivity contribution in [3.05, 3.63) is 52.5 Å². The molecule has 2 rings (SSSR count). The van der Waals surface area contributed by atoms with Gasteiger partial charge in [0.15, 0.2) is 0 Å². The number of anilines is 2. The molecule has 0 bridgehead atoms. The Morgan fingerprint density at radius 2 is 1.86 bits per heavy atom. The van der Waals surface area contributed by atoms with Gasteiger partial charge >= 0.3 is 6.61 Å². The summed E-state index contributed by atoms with van der Waals surface area (Å²) >= 11 is 3.24. The average Bonchev–Trinajstić information content (AvgIpc) is 2.43. The van der Waals surface area contributed by atoms with E-state index in [4.69, 9.17) is 5.73 Å². The van der Waals surface area contributed by atoms with Gasteiger partial charge in [-0.2, -0.15) is 8.78 Å². The van der Waals surface area contributed by atoms with Crippen molar-refractivity contribution in [3.63, 3.8) is 0 Å². The Kier molecular flexibility index (Phi) is 4.74. The van der Waals surface area contributed by atoms with Crippen molar-refractivity contribution in [2.75, 3.05) is 11.1 Å². The molecule has 2 aromatic carbocycles. The van der Waals surface area contributed by atoms with Gasteiger partial charge in [0.1, 0.15) is 5.75 Å². The molecule has 0 spiro atoms. The van der Waals surface area contributed by atoms with Crippen LogP contribution in [0.15, 0.2) is 46.9 Å². The third-order valence-corrected chi connectivity index (χ3v) is 3.32. The van der Waals surface area contributed by atoms with Crippen LogP contribution < -0.4 is 15.8 Å². The van der Waals surface area contributed by atoms with E-state index in [0.29, 0.717) is 21.4 Å². The summed E-state index contributed by atoms with van der Waals surface area (Å²) in [4.78, 5) is 12.0. The predicted molar refractivity (Wildman–Crippen MR) is 79.6 cm³/mol. The Labute approximate surface area is 128 Å². The van der Waals surface area contributed by atoms with Crippen molar-refractivity contribution >= 4 is 33.2 Å². The highest BCUT2D eigenvalue weighted by Crippen LogP contribution is 2.22. The number of halogens is 3. The Morgan fingerprint density at radius 1 is 1.19 bits per heavy atom. The maximum Gasteiger partial charge on any atom is 0.387 e. The maximum atomic E-state index is 12.0. The Hall–Kier alpha value is -2.15. The van der Waals surface area contributed by atoms with Gasteiger partial charge in [-0.05, 0) is 58.4 Å². The van der Waals surface area contributed by atoms with Crippen LogP contribution >= 0.6 is 15.9 Å². The molecule has 0 aromatic heterocycles. The molecule has 0 aliphatic heterocycles. The van der Waals surface area contributed by atoms with Crippen molar-refractivity contribution in [2.24, 2.45) is 0 Å². The molecule has 0 saturated heterocycles. The van der Waals surface area contributed by atoms with Crippen molar-refractivity contribution in [1.29, 1.82) is 0 Å². The van der Waals surface area contributed by atoms with Crippen LogP contribution in [-0.4, -0.2) is 12.5 Å². The fourth-order valence-corrected chi connectivity index (χ4v) is 1.85. The third kappa shape index (κ3) is 4.16. The van der Waals surface area contributed by atoms with Gasteiger partial charge < -0.3 is 15.8 Å². The number of hydrogen-bond acceptors (Lipinski definition) is 3. The van der Waals surface area contributed by atoms with Gasteiger partial charge in [-0.3, -0.25) is 4.79 Å². The number of nitrogens with one attached hydrogen (secondary N) is 1. The Morgan fingerprint density at radius 3 is 2.43 bits per heavy atom. The van der Waals surface area contributed by atoms with E-state index in [0.717, 1.165) is 0 Å². The lowest BCUT2D eigenvalue weighted by Gasteiger charge is -2.08. The molecule has 110 valence electrons. The zero-order valence-corrected chi connectivity index (χ0v) is 12.2. The minimum atomic E-state index is -2.88. The second kappa shape index (κ2) is 6.53. The molecular weight excluding hydrogens is 346 g/mol. The summed E-state index contributed by atoms with van der Waals surface area (Å²) in [5.41, 5.74) is 7.00. The second-order valence-electron chi connectivity index (χ2n) is 4.09. The van der Waals surface area contributed by atoms with Crippen LogP contribution in [0.1, 0.15) is 10.4 Å². The number of amides is 1. The number of hydrogen-bond donors (Lipinski definition) is 2. The third-order valence-electron chi connectivity index (χ3n) is 2.60. The molecule has 0 heterocycles. The highest BCUT2D eigenvalue weighted by Gasteiger charge is 2.09. The highest BCUT2D eigenvalue weighted by atomic mass is 79.9. The summed E-state index contributed by atoms with van der Waals surface area (Å²) in [6, 6.07) is 10.5. The molecule has 1 amide bonds. The molecule has 4 nitrogen and oxygen atoms in total. The van der Waals surface area contributed by atoms with Gasteiger partial charge in [-0.1, -0.05) is 0 Å². The molecule has 0 fully saturated rings.